The first kappa shape index (κ1) is 76.3. The number of esters is 3. The van der Waals surface area contributed by atoms with Gasteiger partial charge in [0.15, 0.2) is 6.10 Å². The number of carbonyl (C=O) groups is 3. The van der Waals surface area contributed by atoms with E-state index in [-0.39, 0.29) is 31.1 Å². The normalized spacial score (nSPS) is 13.1. The topological polar surface area (TPSA) is 78.9 Å². The Morgan fingerprint density at radius 1 is 0.259 bits per heavy atom. The molecule has 6 nitrogen and oxygen atoms in total. The lowest BCUT2D eigenvalue weighted by molar-refractivity contribution is -0.167. The monoisotopic (exact) mass is 1120 g/mol. The van der Waals surface area contributed by atoms with Crippen molar-refractivity contribution in [2.45, 2.75) is 297 Å². The van der Waals surface area contributed by atoms with Crippen LogP contribution in [0.4, 0.5) is 0 Å². The number of allylic oxidation sites excluding steroid dienone is 24. The molecule has 0 aromatic rings. The first-order chi connectivity index (χ1) is 40.0. The van der Waals surface area contributed by atoms with Crippen LogP contribution < -0.4 is 0 Å². The van der Waals surface area contributed by atoms with Crippen LogP contribution in [-0.4, -0.2) is 37.2 Å². The average molecular weight is 1120 g/mol. The van der Waals surface area contributed by atoms with Crippen LogP contribution in [0.3, 0.4) is 0 Å². The van der Waals surface area contributed by atoms with Crippen molar-refractivity contribution in [3.63, 3.8) is 0 Å². The van der Waals surface area contributed by atoms with E-state index in [1.807, 2.05) is 0 Å². The van der Waals surface area contributed by atoms with Crippen molar-refractivity contribution in [3.05, 3.63) is 146 Å². The summed E-state index contributed by atoms with van der Waals surface area (Å²) in [5.41, 5.74) is 0. The molecule has 0 saturated heterocycles. The Balaban J connectivity index is 4.22. The quantitative estimate of drug-likeness (QED) is 0.0261. The van der Waals surface area contributed by atoms with Crippen LogP contribution in [0.5, 0.6) is 0 Å². The fourth-order valence-electron chi connectivity index (χ4n) is 8.92. The van der Waals surface area contributed by atoms with Gasteiger partial charge in [0.2, 0.25) is 0 Å². The van der Waals surface area contributed by atoms with E-state index in [1.54, 1.807) is 0 Å². The third-order valence-electron chi connectivity index (χ3n) is 13.8. The van der Waals surface area contributed by atoms with Crippen molar-refractivity contribution in [3.8, 4) is 0 Å². The minimum atomic E-state index is -0.793. The molecule has 6 heteroatoms. The molecule has 0 aliphatic heterocycles. The molecule has 0 rings (SSSR count). The van der Waals surface area contributed by atoms with Gasteiger partial charge >= 0.3 is 17.9 Å². The molecule has 0 aromatic carbocycles. The fourth-order valence-corrected chi connectivity index (χ4v) is 8.92. The highest BCUT2D eigenvalue weighted by Gasteiger charge is 2.19. The average Bonchev–Trinajstić information content (AvgIpc) is 3.47. The number of carbonyl (C=O) groups excluding carboxylic acids is 3. The second kappa shape index (κ2) is 67.8. The Hall–Kier alpha value is -4.71. The maximum Gasteiger partial charge on any atom is 0.306 e. The Morgan fingerprint density at radius 2 is 0.481 bits per heavy atom. The summed E-state index contributed by atoms with van der Waals surface area (Å²) >= 11 is 0. The maximum atomic E-state index is 12.9. The standard InChI is InChI=1S/C75H122O6/c1-4-7-10-13-16-19-21-23-25-27-29-31-32-33-34-35-36-37-38-39-40-41-42-44-45-47-49-51-53-56-59-62-65-68-74(77)80-71-72(70-79-73(76)67-64-61-58-55-18-15-12-9-6-3)81-75(78)69-66-63-60-57-54-52-50-48-46-43-30-28-26-24-22-20-17-14-11-8-5-2/h7-8,10-11,16-17,19-20,23-26,29-31,33-34,36-37,39-40,43,48,50,72H,4-6,9,12-15,18,21-22,27-28,32,35,38,41-42,44-47,49,51-71H2,1-3H3/b10-7-,11-8-,19-16-,20-17-,25-23-,26-24-,31-29-,34-33-,37-36-,40-39-,43-30-,50-48-. The molecular formula is C75H122O6. The third-order valence-corrected chi connectivity index (χ3v) is 13.8. The summed E-state index contributed by atoms with van der Waals surface area (Å²) in [5, 5.41) is 0. The van der Waals surface area contributed by atoms with Crippen molar-refractivity contribution in [1.29, 1.82) is 0 Å². The summed E-state index contributed by atoms with van der Waals surface area (Å²) in [6.45, 7) is 6.38. The molecule has 458 valence electrons. The van der Waals surface area contributed by atoms with Gasteiger partial charge in [-0.25, -0.2) is 0 Å². The molecular weight excluding hydrogens is 997 g/mol. The zero-order valence-electron chi connectivity index (χ0n) is 52.5. The molecule has 0 fully saturated rings. The molecule has 0 saturated carbocycles. The maximum absolute atomic E-state index is 12.9. The number of hydrogen-bond acceptors (Lipinski definition) is 6. The van der Waals surface area contributed by atoms with E-state index in [0.29, 0.717) is 19.3 Å². The van der Waals surface area contributed by atoms with Gasteiger partial charge < -0.3 is 14.2 Å². The molecule has 1 unspecified atom stereocenters. The van der Waals surface area contributed by atoms with Gasteiger partial charge in [-0.1, -0.05) is 295 Å². The van der Waals surface area contributed by atoms with Gasteiger partial charge in [0.05, 0.1) is 0 Å². The predicted molar refractivity (Wildman–Crippen MR) is 352 cm³/mol. The SMILES string of the molecule is CC/C=C\C/C=C\C/C=C\C/C=C\C/C=C\C/C=C\C/C=C\CCCCCCCCCCCCCC(=O)OCC(COC(=O)CCCCCCCCCCC)OC(=O)CCCCCCC/C=C\C/C=C\C/C=C\C/C=C\C/C=C\CC. The molecule has 81 heavy (non-hydrogen) atoms. The lowest BCUT2D eigenvalue weighted by Gasteiger charge is -2.18. The van der Waals surface area contributed by atoms with E-state index in [9.17, 15) is 14.4 Å². The highest BCUT2D eigenvalue weighted by molar-refractivity contribution is 5.71. The molecule has 0 amide bonds. The number of unbranched alkanes of at least 4 members (excludes halogenated alkanes) is 24. The predicted octanol–water partition coefficient (Wildman–Crippen LogP) is 23.1. The summed E-state index contributed by atoms with van der Waals surface area (Å²) in [4.78, 5) is 38.2. The minimum absolute atomic E-state index is 0.0885. The molecule has 0 bridgehead atoms. The van der Waals surface area contributed by atoms with Crippen LogP contribution in [0.15, 0.2) is 146 Å². The Labute approximate surface area is 499 Å². The van der Waals surface area contributed by atoms with Crippen LogP contribution in [-0.2, 0) is 28.6 Å². The minimum Gasteiger partial charge on any atom is -0.462 e. The lowest BCUT2D eigenvalue weighted by atomic mass is 10.0. The Bertz CT molecular complexity index is 1760. The van der Waals surface area contributed by atoms with Crippen molar-refractivity contribution >= 4 is 17.9 Å². The van der Waals surface area contributed by atoms with Crippen molar-refractivity contribution in [1.82, 2.24) is 0 Å². The van der Waals surface area contributed by atoms with Gasteiger partial charge in [-0.05, 0) is 122 Å². The van der Waals surface area contributed by atoms with E-state index in [4.69, 9.17) is 14.2 Å². The molecule has 0 radical (unpaired) electrons. The van der Waals surface area contributed by atoms with Gasteiger partial charge in [-0.3, -0.25) is 14.4 Å². The molecule has 0 aromatic heterocycles. The van der Waals surface area contributed by atoms with E-state index >= 15 is 0 Å². The summed E-state index contributed by atoms with van der Waals surface area (Å²) < 4.78 is 16.9. The molecule has 0 heterocycles. The van der Waals surface area contributed by atoms with Gasteiger partial charge in [0.25, 0.3) is 0 Å². The van der Waals surface area contributed by atoms with Gasteiger partial charge in [-0.15, -0.1) is 0 Å². The van der Waals surface area contributed by atoms with Crippen LogP contribution in [0.25, 0.3) is 0 Å². The van der Waals surface area contributed by atoms with Gasteiger partial charge in [0, 0.05) is 19.3 Å². The van der Waals surface area contributed by atoms with Gasteiger partial charge in [0.1, 0.15) is 13.2 Å². The number of rotatable bonds is 59. The largest absolute Gasteiger partial charge is 0.462 e. The van der Waals surface area contributed by atoms with Crippen LogP contribution in [0, 0.1) is 0 Å². The van der Waals surface area contributed by atoms with Crippen molar-refractivity contribution in [2.24, 2.45) is 0 Å². The molecule has 0 spiro atoms. The fraction of sp³-hybridized carbons (Fsp3) is 0.640. The highest BCUT2D eigenvalue weighted by atomic mass is 16.6. The lowest BCUT2D eigenvalue weighted by Crippen LogP contribution is -2.30. The zero-order chi connectivity index (χ0) is 58.5. The van der Waals surface area contributed by atoms with Crippen LogP contribution in [0.1, 0.15) is 290 Å². The van der Waals surface area contributed by atoms with E-state index in [0.717, 1.165) is 154 Å². The smallest absolute Gasteiger partial charge is 0.306 e. The van der Waals surface area contributed by atoms with Crippen LogP contribution >= 0.6 is 0 Å². The Kier molecular flexibility index (Phi) is 63.9. The summed E-state index contributed by atoms with van der Waals surface area (Å²) in [7, 11) is 0. The van der Waals surface area contributed by atoms with E-state index in [1.165, 1.54) is 96.3 Å². The summed E-state index contributed by atoms with van der Waals surface area (Å²) in [6.07, 6.45) is 97.3. The Morgan fingerprint density at radius 3 is 0.753 bits per heavy atom. The zero-order valence-corrected chi connectivity index (χ0v) is 52.5. The first-order valence-electron chi connectivity index (χ1n) is 33.3. The van der Waals surface area contributed by atoms with Crippen molar-refractivity contribution < 1.29 is 28.6 Å². The van der Waals surface area contributed by atoms with Crippen molar-refractivity contribution in [2.75, 3.05) is 13.2 Å². The second-order valence-corrected chi connectivity index (χ2v) is 21.6. The van der Waals surface area contributed by atoms with E-state index < -0.39 is 6.10 Å². The number of hydrogen-bond donors (Lipinski definition) is 0. The van der Waals surface area contributed by atoms with E-state index in [2.05, 4.69) is 167 Å². The number of ether oxygens (including phenoxy) is 3. The molecule has 0 N–H and O–H groups in total. The van der Waals surface area contributed by atoms with Crippen LogP contribution in [0.2, 0.25) is 0 Å². The summed E-state index contributed by atoms with van der Waals surface area (Å²) in [6, 6.07) is 0. The first-order valence-corrected chi connectivity index (χ1v) is 33.3. The molecule has 0 aliphatic rings. The third kappa shape index (κ3) is 66.0. The molecule has 1 atom stereocenters. The van der Waals surface area contributed by atoms with Gasteiger partial charge in [-0.2, -0.15) is 0 Å². The molecule has 0 aliphatic carbocycles. The second-order valence-electron chi connectivity index (χ2n) is 21.6. The summed E-state index contributed by atoms with van der Waals surface area (Å²) in [5.74, 6) is -0.911. The highest BCUT2D eigenvalue weighted by Crippen LogP contribution is 2.16.